The molecule has 0 atom stereocenters. The molecule has 0 radical (unpaired) electrons. The first-order valence-electron chi connectivity index (χ1n) is 6.86. The van der Waals surface area contributed by atoms with E-state index in [-0.39, 0.29) is 11.8 Å². The molecule has 0 unspecified atom stereocenters. The van der Waals surface area contributed by atoms with E-state index in [2.05, 4.69) is 36.9 Å². The zero-order valence-corrected chi connectivity index (χ0v) is 13.5. The summed E-state index contributed by atoms with van der Waals surface area (Å²) in [5.74, 6) is -0.289. The molecule has 6 heteroatoms. The lowest BCUT2D eigenvalue weighted by Gasteiger charge is -2.22. The second kappa shape index (κ2) is 10.4. The number of carbonyl (C=O) groups is 2. The summed E-state index contributed by atoms with van der Waals surface area (Å²) in [5, 5.41) is 5.46. The Balaban J connectivity index is 3.63. The summed E-state index contributed by atoms with van der Waals surface area (Å²) in [4.78, 5) is 21.9. The SMILES string of the molecule is C=CC(=O)NCCCO[Si](C)(C)CCCNC(=O)C=C. The van der Waals surface area contributed by atoms with Gasteiger partial charge in [0.25, 0.3) is 0 Å². The number of carbonyl (C=O) groups excluding carboxylic acids is 2. The van der Waals surface area contributed by atoms with Crippen molar-refractivity contribution >= 4 is 20.1 Å². The van der Waals surface area contributed by atoms with Gasteiger partial charge in [0.15, 0.2) is 8.32 Å². The molecule has 0 saturated carbocycles. The average Bonchev–Trinajstić information content (AvgIpc) is 2.42. The van der Waals surface area contributed by atoms with E-state index >= 15 is 0 Å². The second-order valence-electron chi connectivity index (χ2n) is 5.06. The molecule has 0 fully saturated rings. The van der Waals surface area contributed by atoms with Crippen molar-refractivity contribution in [2.75, 3.05) is 19.7 Å². The van der Waals surface area contributed by atoms with E-state index in [1.807, 2.05) is 0 Å². The largest absolute Gasteiger partial charge is 0.417 e. The molecule has 0 aromatic rings. The van der Waals surface area contributed by atoms with Gasteiger partial charge in [-0.15, -0.1) is 0 Å². The molecule has 2 N–H and O–H groups in total. The van der Waals surface area contributed by atoms with Crippen LogP contribution in [0, 0.1) is 0 Å². The maximum atomic E-state index is 11.0. The first kappa shape index (κ1) is 18.6. The normalized spacial score (nSPS) is 10.7. The zero-order valence-electron chi connectivity index (χ0n) is 12.5. The summed E-state index contributed by atoms with van der Waals surface area (Å²) in [6.07, 6.45) is 4.24. The van der Waals surface area contributed by atoms with Crippen LogP contribution in [0.3, 0.4) is 0 Å². The monoisotopic (exact) mass is 298 g/mol. The predicted octanol–water partition coefficient (Wildman–Crippen LogP) is 1.59. The van der Waals surface area contributed by atoms with Gasteiger partial charge >= 0.3 is 0 Å². The predicted molar refractivity (Wildman–Crippen MR) is 83.9 cm³/mol. The van der Waals surface area contributed by atoms with Crippen molar-refractivity contribution in [1.82, 2.24) is 10.6 Å². The van der Waals surface area contributed by atoms with Crippen LogP contribution >= 0.6 is 0 Å². The van der Waals surface area contributed by atoms with Crippen molar-refractivity contribution < 1.29 is 14.0 Å². The fourth-order valence-electron chi connectivity index (χ4n) is 1.57. The van der Waals surface area contributed by atoms with Crippen LogP contribution in [-0.4, -0.2) is 39.8 Å². The topological polar surface area (TPSA) is 67.4 Å². The van der Waals surface area contributed by atoms with Crippen molar-refractivity contribution in [3.8, 4) is 0 Å². The average molecular weight is 298 g/mol. The van der Waals surface area contributed by atoms with E-state index in [0.717, 1.165) is 18.9 Å². The van der Waals surface area contributed by atoms with Crippen LogP contribution in [0.15, 0.2) is 25.3 Å². The minimum atomic E-state index is -1.68. The van der Waals surface area contributed by atoms with Gasteiger partial charge in [-0.2, -0.15) is 0 Å². The summed E-state index contributed by atoms with van der Waals surface area (Å²) < 4.78 is 5.91. The minimum absolute atomic E-state index is 0.136. The minimum Gasteiger partial charge on any atom is -0.417 e. The first-order valence-corrected chi connectivity index (χ1v) is 9.97. The molecule has 0 aliphatic heterocycles. The maximum Gasteiger partial charge on any atom is 0.243 e. The first-order chi connectivity index (χ1) is 9.41. The fraction of sp³-hybridized carbons (Fsp3) is 0.571. The molecule has 0 bridgehead atoms. The highest BCUT2D eigenvalue weighted by molar-refractivity contribution is 6.71. The van der Waals surface area contributed by atoms with E-state index in [1.165, 1.54) is 12.2 Å². The number of hydrogen-bond donors (Lipinski definition) is 2. The quantitative estimate of drug-likeness (QED) is 0.346. The van der Waals surface area contributed by atoms with Crippen LogP contribution in [0.5, 0.6) is 0 Å². The third kappa shape index (κ3) is 10.5. The van der Waals surface area contributed by atoms with Gasteiger partial charge in [0.05, 0.1) is 0 Å². The lowest BCUT2D eigenvalue weighted by atomic mass is 10.4. The molecule has 5 nitrogen and oxygen atoms in total. The van der Waals surface area contributed by atoms with E-state index in [4.69, 9.17) is 4.43 Å². The number of nitrogens with one attached hydrogen (secondary N) is 2. The summed E-state index contributed by atoms with van der Waals surface area (Å²) in [6.45, 7) is 13.0. The van der Waals surface area contributed by atoms with Gasteiger partial charge in [0.1, 0.15) is 0 Å². The van der Waals surface area contributed by atoms with Gasteiger partial charge in [0, 0.05) is 19.7 Å². The van der Waals surface area contributed by atoms with Crippen LogP contribution in [0.1, 0.15) is 12.8 Å². The molecule has 20 heavy (non-hydrogen) atoms. The Morgan fingerprint density at radius 1 is 1.05 bits per heavy atom. The lowest BCUT2D eigenvalue weighted by Crippen LogP contribution is -2.33. The Hall–Kier alpha value is -1.40. The third-order valence-corrected chi connectivity index (χ3v) is 5.28. The van der Waals surface area contributed by atoms with Crippen LogP contribution in [0.25, 0.3) is 0 Å². The molecule has 0 heterocycles. The molecular weight excluding hydrogens is 272 g/mol. The molecule has 0 spiro atoms. The van der Waals surface area contributed by atoms with Gasteiger partial charge in [0.2, 0.25) is 11.8 Å². The van der Waals surface area contributed by atoms with Crippen LogP contribution < -0.4 is 10.6 Å². The third-order valence-electron chi connectivity index (χ3n) is 2.74. The Morgan fingerprint density at radius 3 is 2.05 bits per heavy atom. The van der Waals surface area contributed by atoms with Gasteiger partial charge in [-0.3, -0.25) is 9.59 Å². The molecule has 0 rings (SSSR count). The van der Waals surface area contributed by atoms with Gasteiger partial charge in [-0.1, -0.05) is 13.2 Å². The molecular formula is C14H26N2O3Si. The molecule has 2 amide bonds. The van der Waals surface area contributed by atoms with Crippen molar-refractivity contribution in [2.24, 2.45) is 0 Å². The molecule has 0 aromatic heterocycles. The number of amides is 2. The molecule has 114 valence electrons. The van der Waals surface area contributed by atoms with Crippen molar-refractivity contribution in [3.05, 3.63) is 25.3 Å². The summed E-state index contributed by atoms with van der Waals surface area (Å²) in [6, 6.07) is 0.990. The lowest BCUT2D eigenvalue weighted by molar-refractivity contribution is -0.117. The van der Waals surface area contributed by atoms with E-state index < -0.39 is 8.32 Å². The fourth-order valence-corrected chi connectivity index (χ4v) is 3.44. The van der Waals surface area contributed by atoms with Crippen molar-refractivity contribution in [3.63, 3.8) is 0 Å². The van der Waals surface area contributed by atoms with Crippen molar-refractivity contribution in [1.29, 1.82) is 0 Å². The maximum absolute atomic E-state index is 11.0. The molecule has 0 aliphatic rings. The van der Waals surface area contributed by atoms with Gasteiger partial charge < -0.3 is 15.1 Å². The second-order valence-corrected chi connectivity index (χ2v) is 9.36. The molecule has 0 aliphatic carbocycles. The highest BCUT2D eigenvalue weighted by atomic mass is 28.4. The molecule has 0 saturated heterocycles. The summed E-state index contributed by atoms with van der Waals surface area (Å²) >= 11 is 0. The zero-order chi connectivity index (χ0) is 15.4. The van der Waals surface area contributed by atoms with Gasteiger partial charge in [-0.05, 0) is 44.1 Å². The van der Waals surface area contributed by atoms with E-state index in [1.54, 1.807) is 0 Å². The van der Waals surface area contributed by atoms with Gasteiger partial charge in [-0.25, -0.2) is 0 Å². The van der Waals surface area contributed by atoms with Crippen molar-refractivity contribution in [2.45, 2.75) is 32.0 Å². The van der Waals surface area contributed by atoms with E-state index in [9.17, 15) is 9.59 Å². The highest BCUT2D eigenvalue weighted by Crippen LogP contribution is 2.13. The number of hydrogen-bond acceptors (Lipinski definition) is 3. The summed E-state index contributed by atoms with van der Waals surface area (Å²) in [7, 11) is -1.68. The summed E-state index contributed by atoms with van der Waals surface area (Å²) in [5.41, 5.74) is 0. The Labute approximate surface area is 122 Å². The highest BCUT2D eigenvalue weighted by Gasteiger charge is 2.21. The van der Waals surface area contributed by atoms with Crippen LogP contribution in [-0.2, 0) is 14.0 Å². The standard InChI is InChI=1S/C14H26N2O3Si/c1-5-13(17)15-9-7-11-19-20(3,4)12-8-10-16-14(18)6-2/h5-6H,1-2,7-12H2,3-4H3,(H,15,17)(H,16,18). The molecule has 0 aromatic carbocycles. The van der Waals surface area contributed by atoms with Crippen LogP contribution in [0.2, 0.25) is 19.1 Å². The number of rotatable bonds is 11. The Bertz CT molecular complexity index is 343. The Kier molecular flexibility index (Phi) is 9.66. The van der Waals surface area contributed by atoms with E-state index in [0.29, 0.717) is 19.7 Å². The Morgan fingerprint density at radius 2 is 1.55 bits per heavy atom. The smallest absolute Gasteiger partial charge is 0.243 e. The van der Waals surface area contributed by atoms with Crippen LogP contribution in [0.4, 0.5) is 0 Å².